The number of ether oxygens (including phenoxy) is 1. The Balaban J connectivity index is 1.98. The predicted molar refractivity (Wildman–Crippen MR) is 130 cm³/mol. The van der Waals surface area contributed by atoms with Crippen molar-refractivity contribution in [3.63, 3.8) is 0 Å². The van der Waals surface area contributed by atoms with E-state index in [1.54, 1.807) is 26.6 Å². The second-order valence-corrected chi connectivity index (χ2v) is 7.83. The molecule has 0 aliphatic carbocycles. The number of nitrogens with zero attached hydrogens (tertiary/aromatic N) is 4. The molecule has 0 aliphatic heterocycles. The summed E-state index contributed by atoms with van der Waals surface area (Å²) in [5.41, 5.74) is 11.2. The lowest BCUT2D eigenvalue weighted by molar-refractivity contribution is 0.387. The molecule has 0 atom stereocenters. The molecule has 0 fully saturated rings. The van der Waals surface area contributed by atoms with Crippen molar-refractivity contribution in [2.45, 2.75) is 18.7 Å². The lowest BCUT2D eigenvalue weighted by Crippen LogP contribution is -1.99. The standard InChI is InChI=1S/C22H23ClN6OS/c1-13-17(18-8-15(10-25-3)21(27-12-24)28-14(18)2)6-5-7-19(13)29-31-20-9-16(23)11-26-22(20)30-4/h5-12,29H,1-4H3,(H2,24,27,28). The van der Waals surface area contributed by atoms with E-state index in [2.05, 4.69) is 37.7 Å². The molecule has 7 nitrogen and oxygen atoms in total. The van der Waals surface area contributed by atoms with E-state index < -0.39 is 0 Å². The summed E-state index contributed by atoms with van der Waals surface area (Å²) >= 11 is 7.48. The van der Waals surface area contributed by atoms with Gasteiger partial charge in [0.25, 0.3) is 0 Å². The minimum absolute atomic E-state index is 0.510. The molecule has 0 bridgehead atoms. The maximum absolute atomic E-state index is 6.09. The van der Waals surface area contributed by atoms with E-state index in [-0.39, 0.29) is 0 Å². The maximum atomic E-state index is 6.09. The summed E-state index contributed by atoms with van der Waals surface area (Å²) in [5.74, 6) is 1.05. The Morgan fingerprint density at radius 3 is 2.74 bits per heavy atom. The smallest absolute Gasteiger partial charge is 0.228 e. The van der Waals surface area contributed by atoms with Crippen LogP contribution in [0.15, 0.2) is 51.4 Å². The first kappa shape index (κ1) is 22.6. The second kappa shape index (κ2) is 10.3. The number of nitrogens with two attached hydrogens (primary N) is 1. The number of halogens is 1. The normalized spacial score (nSPS) is 11.4. The molecule has 3 N–H and O–H groups in total. The van der Waals surface area contributed by atoms with Crippen LogP contribution in [0.3, 0.4) is 0 Å². The first-order chi connectivity index (χ1) is 15.0. The molecule has 9 heteroatoms. The van der Waals surface area contributed by atoms with E-state index in [0.717, 1.165) is 38.5 Å². The van der Waals surface area contributed by atoms with Crippen molar-refractivity contribution in [3.05, 3.63) is 58.4 Å². The summed E-state index contributed by atoms with van der Waals surface area (Å²) in [4.78, 5) is 17.9. The largest absolute Gasteiger partial charge is 0.480 e. The first-order valence-electron chi connectivity index (χ1n) is 9.39. The van der Waals surface area contributed by atoms with Gasteiger partial charge in [0, 0.05) is 42.0 Å². The molecule has 0 radical (unpaired) electrons. The van der Waals surface area contributed by atoms with Gasteiger partial charge in [0.15, 0.2) is 5.82 Å². The van der Waals surface area contributed by atoms with Crippen molar-refractivity contribution >= 4 is 47.6 Å². The zero-order chi connectivity index (χ0) is 22.4. The van der Waals surface area contributed by atoms with Crippen LogP contribution in [-0.2, 0) is 0 Å². The van der Waals surface area contributed by atoms with Gasteiger partial charge in [0.2, 0.25) is 5.88 Å². The SMILES string of the molecule is CN=Cc1cc(-c2cccc(NSc3cc(Cl)cnc3OC)c2C)c(C)nc1N=CN. The highest BCUT2D eigenvalue weighted by atomic mass is 35.5. The molecule has 3 aromatic rings. The molecule has 3 rings (SSSR count). The third kappa shape index (κ3) is 5.15. The lowest BCUT2D eigenvalue weighted by Gasteiger charge is -2.16. The Morgan fingerprint density at radius 2 is 2.03 bits per heavy atom. The van der Waals surface area contributed by atoms with Crippen molar-refractivity contribution in [2.24, 2.45) is 15.7 Å². The van der Waals surface area contributed by atoms with Crippen molar-refractivity contribution < 1.29 is 4.74 Å². The van der Waals surface area contributed by atoms with E-state index in [1.165, 1.54) is 18.3 Å². The summed E-state index contributed by atoms with van der Waals surface area (Å²) in [5, 5.41) is 0.544. The Hall–Kier alpha value is -3.10. The average Bonchev–Trinajstić information content (AvgIpc) is 2.75. The van der Waals surface area contributed by atoms with Crippen LogP contribution in [0.1, 0.15) is 16.8 Å². The third-order valence-corrected chi connectivity index (χ3v) is 5.60. The summed E-state index contributed by atoms with van der Waals surface area (Å²) in [7, 11) is 3.29. The van der Waals surface area contributed by atoms with Crippen LogP contribution in [-0.4, -0.2) is 36.7 Å². The van der Waals surface area contributed by atoms with E-state index in [9.17, 15) is 0 Å². The van der Waals surface area contributed by atoms with E-state index in [0.29, 0.717) is 16.7 Å². The number of hydrogen-bond acceptors (Lipinski definition) is 7. The fraction of sp³-hybridized carbons (Fsp3) is 0.182. The molecule has 2 aromatic heterocycles. The van der Waals surface area contributed by atoms with Crippen LogP contribution in [0.25, 0.3) is 11.1 Å². The highest BCUT2D eigenvalue weighted by Crippen LogP contribution is 2.36. The Kier molecular flexibility index (Phi) is 7.49. The number of methoxy groups -OCH3 is 1. The molecule has 1 aromatic carbocycles. The van der Waals surface area contributed by atoms with Crippen LogP contribution < -0.4 is 15.2 Å². The number of aromatic nitrogens is 2. The van der Waals surface area contributed by atoms with Crippen molar-refractivity contribution in [1.82, 2.24) is 9.97 Å². The number of rotatable bonds is 7. The Bertz CT molecular complexity index is 1150. The number of nitrogens with one attached hydrogen (secondary N) is 1. The fourth-order valence-electron chi connectivity index (χ4n) is 3.07. The molecule has 0 amide bonds. The van der Waals surface area contributed by atoms with Gasteiger partial charge in [0.05, 0.1) is 23.4 Å². The Morgan fingerprint density at radius 1 is 1.23 bits per heavy atom. The van der Waals surface area contributed by atoms with Gasteiger partial charge in [-0.3, -0.25) is 4.99 Å². The molecule has 0 spiro atoms. The highest BCUT2D eigenvalue weighted by molar-refractivity contribution is 8.00. The van der Waals surface area contributed by atoms with Crippen LogP contribution >= 0.6 is 23.5 Å². The minimum Gasteiger partial charge on any atom is -0.480 e. The molecule has 0 saturated heterocycles. The maximum Gasteiger partial charge on any atom is 0.228 e. The van der Waals surface area contributed by atoms with Crippen LogP contribution in [0, 0.1) is 13.8 Å². The van der Waals surface area contributed by atoms with Gasteiger partial charge < -0.3 is 15.2 Å². The molecule has 31 heavy (non-hydrogen) atoms. The molecular weight excluding hydrogens is 432 g/mol. The molecule has 0 aliphatic rings. The molecule has 160 valence electrons. The predicted octanol–water partition coefficient (Wildman–Crippen LogP) is 5.21. The van der Waals surface area contributed by atoms with E-state index in [4.69, 9.17) is 22.1 Å². The van der Waals surface area contributed by atoms with Gasteiger partial charge in [-0.1, -0.05) is 23.7 Å². The van der Waals surface area contributed by atoms with Gasteiger partial charge in [0.1, 0.15) is 0 Å². The van der Waals surface area contributed by atoms with Crippen molar-refractivity contribution in [3.8, 4) is 17.0 Å². The fourth-order valence-corrected chi connectivity index (χ4v) is 4.14. The summed E-state index contributed by atoms with van der Waals surface area (Å²) < 4.78 is 8.71. The quantitative estimate of drug-likeness (QED) is 0.289. The summed E-state index contributed by atoms with van der Waals surface area (Å²) in [6, 6.07) is 9.92. The number of aryl methyl sites for hydroxylation is 1. The molecule has 0 saturated carbocycles. The van der Waals surface area contributed by atoms with Crippen LogP contribution in [0.2, 0.25) is 5.02 Å². The van der Waals surface area contributed by atoms with E-state index >= 15 is 0 Å². The molecule has 0 unspecified atom stereocenters. The second-order valence-electron chi connectivity index (χ2n) is 6.54. The number of anilines is 1. The van der Waals surface area contributed by atoms with E-state index in [1.807, 2.05) is 31.2 Å². The summed E-state index contributed by atoms with van der Waals surface area (Å²) in [6.07, 6.45) is 4.52. The van der Waals surface area contributed by atoms with Gasteiger partial charge in [-0.05, 0) is 55.1 Å². The molecule has 2 heterocycles. The highest BCUT2D eigenvalue weighted by Gasteiger charge is 2.14. The van der Waals surface area contributed by atoms with Crippen molar-refractivity contribution in [2.75, 3.05) is 18.9 Å². The zero-order valence-corrected chi connectivity index (χ0v) is 19.3. The van der Waals surface area contributed by atoms with Crippen molar-refractivity contribution in [1.29, 1.82) is 0 Å². The topological polar surface area (TPSA) is 97.8 Å². The number of pyridine rings is 2. The minimum atomic E-state index is 0.510. The van der Waals surface area contributed by atoms with Crippen LogP contribution in [0.5, 0.6) is 5.88 Å². The van der Waals surface area contributed by atoms with Gasteiger partial charge in [-0.25, -0.2) is 15.0 Å². The zero-order valence-electron chi connectivity index (χ0n) is 17.7. The monoisotopic (exact) mass is 454 g/mol. The lowest BCUT2D eigenvalue weighted by atomic mass is 9.97. The number of benzene rings is 1. The first-order valence-corrected chi connectivity index (χ1v) is 10.6. The number of aliphatic imine (C=N–C) groups is 2. The van der Waals surface area contributed by atoms with Gasteiger partial charge >= 0.3 is 0 Å². The Labute approximate surface area is 191 Å². The molecular formula is C22H23ClN6OS. The summed E-state index contributed by atoms with van der Waals surface area (Å²) in [6.45, 7) is 4.01. The van der Waals surface area contributed by atoms with Gasteiger partial charge in [-0.2, -0.15) is 0 Å². The average molecular weight is 455 g/mol. The number of hydrogen-bond donors (Lipinski definition) is 2. The van der Waals surface area contributed by atoms with Crippen LogP contribution in [0.4, 0.5) is 11.5 Å². The van der Waals surface area contributed by atoms with Gasteiger partial charge in [-0.15, -0.1) is 0 Å². The third-order valence-electron chi connectivity index (χ3n) is 4.56.